The van der Waals surface area contributed by atoms with Gasteiger partial charge in [-0.2, -0.15) is 0 Å². The Morgan fingerprint density at radius 1 is 0.951 bits per heavy atom. The van der Waals surface area contributed by atoms with Crippen molar-refractivity contribution in [3.63, 3.8) is 0 Å². The Morgan fingerprint density at radius 2 is 1.59 bits per heavy atom. The minimum absolute atomic E-state index is 0.0843. The molecule has 3 aromatic rings. The number of benzene rings is 3. The van der Waals surface area contributed by atoms with Crippen molar-refractivity contribution in [2.24, 2.45) is 0 Å². The molecule has 1 N–H and O–H groups in total. The van der Waals surface area contributed by atoms with Gasteiger partial charge in [0.25, 0.3) is 10.0 Å². The number of ether oxygens (including phenoxy) is 1. The fourth-order valence-corrected chi connectivity index (χ4v) is 6.61. The van der Waals surface area contributed by atoms with Crippen molar-refractivity contribution < 1.29 is 22.7 Å². The topological polar surface area (TPSA) is 96.0 Å². The van der Waals surface area contributed by atoms with Crippen molar-refractivity contribution in [3.8, 4) is 5.75 Å². The van der Waals surface area contributed by atoms with Gasteiger partial charge in [-0.25, -0.2) is 8.42 Å². The largest absolute Gasteiger partial charge is 0.497 e. The first-order valence-corrected chi connectivity index (χ1v) is 15.5. The first-order valence-electron chi connectivity index (χ1n) is 14.1. The van der Waals surface area contributed by atoms with Crippen LogP contribution in [-0.2, 0) is 26.2 Å². The zero-order valence-electron chi connectivity index (χ0n) is 24.0. The lowest BCUT2D eigenvalue weighted by molar-refractivity contribution is -0.140. The number of carbonyl (C=O) groups excluding carboxylic acids is 2. The predicted molar refractivity (Wildman–Crippen MR) is 160 cm³/mol. The first kappa shape index (κ1) is 30.1. The van der Waals surface area contributed by atoms with Crippen LogP contribution in [0.15, 0.2) is 83.8 Å². The second-order valence-electron chi connectivity index (χ2n) is 10.4. The summed E-state index contributed by atoms with van der Waals surface area (Å²) in [5.74, 6) is 0.000491. The Labute approximate surface area is 243 Å². The zero-order chi connectivity index (χ0) is 29.4. The number of methoxy groups -OCH3 is 1. The van der Waals surface area contributed by atoms with E-state index in [0.717, 1.165) is 41.1 Å². The highest BCUT2D eigenvalue weighted by Gasteiger charge is 2.34. The summed E-state index contributed by atoms with van der Waals surface area (Å²) in [5.41, 5.74) is 2.15. The molecule has 0 bridgehead atoms. The van der Waals surface area contributed by atoms with Gasteiger partial charge in [-0.05, 0) is 68.1 Å². The molecule has 9 heteroatoms. The fourth-order valence-electron chi connectivity index (χ4n) is 5.17. The molecule has 0 aromatic heterocycles. The van der Waals surface area contributed by atoms with Gasteiger partial charge in [0.2, 0.25) is 11.8 Å². The normalized spacial score (nSPS) is 14.3. The number of rotatable bonds is 12. The van der Waals surface area contributed by atoms with E-state index in [9.17, 15) is 18.0 Å². The van der Waals surface area contributed by atoms with Crippen molar-refractivity contribution in [3.05, 3.63) is 90.0 Å². The monoisotopic (exact) mass is 577 g/mol. The summed E-state index contributed by atoms with van der Waals surface area (Å²) in [5, 5.41) is 3.13. The van der Waals surface area contributed by atoms with E-state index in [2.05, 4.69) is 5.32 Å². The Morgan fingerprint density at radius 3 is 2.17 bits per heavy atom. The van der Waals surface area contributed by atoms with Gasteiger partial charge in [0, 0.05) is 12.6 Å². The zero-order valence-corrected chi connectivity index (χ0v) is 24.8. The van der Waals surface area contributed by atoms with Gasteiger partial charge in [-0.3, -0.25) is 13.9 Å². The minimum atomic E-state index is -4.08. The Bertz CT molecular complexity index is 1400. The lowest BCUT2D eigenvalue weighted by Gasteiger charge is -2.33. The molecule has 0 heterocycles. The number of amides is 2. The van der Waals surface area contributed by atoms with Crippen LogP contribution in [0.5, 0.6) is 5.75 Å². The standard InChI is InChI=1S/C32H39N3O5S/c1-4-30(32(37)33-26-10-8-9-11-26)34(22-25-16-20-28(40-3)21-17-25)31(36)23-35(27-18-14-24(2)15-19-27)41(38,39)29-12-6-5-7-13-29/h5-7,12-21,26,30H,4,8-11,22-23H2,1-3H3,(H,33,37). The number of hydrogen-bond donors (Lipinski definition) is 1. The van der Waals surface area contributed by atoms with E-state index >= 15 is 0 Å². The van der Waals surface area contributed by atoms with E-state index in [1.165, 1.54) is 17.0 Å². The SMILES string of the molecule is CCC(C(=O)NC1CCCC1)N(Cc1ccc(OC)cc1)C(=O)CN(c1ccc(C)cc1)S(=O)(=O)c1ccccc1. The predicted octanol–water partition coefficient (Wildman–Crippen LogP) is 5.07. The van der Waals surface area contributed by atoms with Crippen LogP contribution in [0.1, 0.15) is 50.2 Å². The Balaban J connectivity index is 1.69. The number of sulfonamides is 1. The molecule has 4 rings (SSSR count). The number of aryl methyl sites for hydroxylation is 1. The van der Waals surface area contributed by atoms with Crippen LogP contribution in [0.25, 0.3) is 0 Å². The van der Waals surface area contributed by atoms with Crippen LogP contribution in [-0.4, -0.2) is 50.9 Å². The second-order valence-corrected chi connectivity index (χ2v) is 12.3. The maximum Gasteiger partial charge on any atom is 0.264 e. The molecule has 1 aliphatic rings. The molecule has 1 aliphatic carbocycles. The van der Waals surface area contributed by atoms with Crippen LogP contribution >= 0.6 is 0 Å². The lowest BCUT2D eigenvalue weighted by Crippen LogP contribution is -2.53. The average Bonchev–Trinajstić information content (AvgIpc) is 3.50. The molecule has 0 spiro atoms. The van der Waals surface area contributed by atoms with E-state index in [1.807, 2.05) is 38.1 Å². The fraction of sp³-hybridized carbons (Fsp3) is 0.375. The van der Waals surface area contributed by atoms with Gasteiger partial charge in [0.15, 0.2) is 0 Å². The third-order valence-electron chi connectivity index (χ3n) is 7.53. The molecular weight excluding hydrogens is 538 g/mol. The van der Waals surface area contributed by atoms with Gasteiger partial charge in [0.1, 0.15) is 18.3 Å². The van der Waals surface area contributed by atoms with Gasteiger partial charge in [-0.15, -0.1) is 0 Å². The quantitative estimate of drug-likeness (QED) is 0.325. The molecule has 0 radical (unpaired) electrons. The van der Waals surface area contributed by atoms with E-state index < -0.39 is 28.5 Å². The summed E-state index contributed by atoms with van der Waals surface area (Å²) < 4.78 is 34.1. The third-order valence-corrected chi connectivity index (χ3v) is 9.32. The van der Waals surface area contributed by atoms with E-state index in [-0.39, 0.29) is 23.4 Å². The molecule has 1 fully saturated rings. The lowest BCUT2D eigenvalue weighted by atomic mass is 10.1. The highest BCUT2D eigenvalue weighted by molar-refractivity contribution is 7.92. The molecule has 2 amide bonds. The van der Waals surface area contributed by atoms with Crippen LogP contribution in [0.3, 0.4) is 0 Å². The van der Waals surface area contributed by atoms with Crippen LogP contribution in [0.2, 0.25) is 0 Å². The third kappa shape index (κ3) is 7.47. The maximum atomic E-state index is 14.2. The van der Waals surface area contributed by atoms with Crippen LogP contribution in [0.4, 0.5) is 5.69 Å². The summed E-state index contributed by atoms with van der Waals surface area (Å²) in [6.07, 6.45) is 4.37. The first-order chi connectivity index (χ1) is 19.7. The number of hydrogen-bond acceptors (Lipinski definition) is 5. The number of nitrogens with zero attached hydrogens (tertiary/aromatic N) is 2. The molecule has 41 heavy (non-hydrogen) atoms. The van der Waals surface area contributed by atoms with Crippen LogP contribution < -0.4 is 14.4 Å². The van der Waals surface area contributed by atoms with Crippen LogP contribution in [0, 0.1) is 6.92 Å². The molecule has 218 valence electrons. The molecule has 3 aromatic carbocycles. The highest BCUT2D eigenvalue weighted by Crippen LogP contribution is 2.26. The summed E-state index contributed by atoms with van der Waals surface area (Å²) in [7, 11) is -2.50. The number of nitrogens with one attached hydrogen (secondary N) is 1. The van der Waals surface area contributed by atoms with Crippen molar-refractivity contribution >= 4 is 27.5 Å². The average molecular weight is 578 g/mol. The molecule has 0 saturated heterocycles. The molecular formula is C32H39N3O5S. The summed E-state index contributed by atoms with van der Waals surface area (Å²) in [6, 6.07) is 21.7. The van der Waals surface area contributed by atoms with Crippen molar-refractivity contribution in [1.29, 1.82) is 0 Å². The number of carbonyl (C=O) groups is 2. The molecule has 8 nitrogen and oxygen atoms in total. The second kappa shape index (κ2) is 13.7. The van der Waals surface area contributed by atoms with Gasteiger partial charge in [-0.1, -0.05) is 67.8 Å². The molecule has 1 atom stereocenters. The maximum absolute atomic E-state index is 14.2. The summed E-state index contributed by atoms with van der Waals surface area (Å²) in [4.78, 5) is 29.3. The van der Waals surface area contributed by atoms with Gasteiger partial charge in [0.05, 0.1) is 17.7 Å². The molecule has 0 aliphatic heterocycles. The molecule has 1 saturated carbocycles. The highest BCUT2D eigenvalue weighted by atomic mass is 32.2. The summed E-state index contributed by atoms with van der Waals surface area (Å²) >= 11 is 0. The van der Waals surface area contributed by atoms with E-state index in [4.69, 9.17) is 4.74 Å². The van der Waals surface area contributed by atoms with Crippen molar-refractivity contribution in [1.82, 2.24) is 10.2 Å². The smallest absolute Gasteiger partial charge is 0.264 e. The minimum Gasteiger partial charge on any atom is -0.497 e. The van der Waals surface area contributed by atoms with Gasteiger partial charge >= 0.3 is 0 Å². The molecule has 1 unspecified atom stereocenters. The number of anilines is 1. The van der Waals surface area contributed by atoms with E-state index in [1.54, 1.807) is 49.6 Å². The van der Waals surface area contributed by atoms with Gasteiger partial charge < -0.3 is 15.0 Å². The van der Waals surface area contributed by atoms with E-state index in [0.29, 0.717) is 17.9 Å². The van der Waals surface area contributed by atoms with Crippen molar-refractivity contribution in [2.75, 3.05) is 18.0 Å². The van der Waals surface area contributed by atoms with Crippen molar-refractivity contribution in [2.45, 2.75) is 69.5 Å². The Hall–Kier alpha value is -3.85. The Kier molecular flexibility index (Phi) is 10.0. The summed E-state index contributed by atoms with van der Waals surface area (Å²) in [6.45, 7) is 3.47.